The molecule has 1 fully saturated rings. The Kier molecular flexibility index (Phi) is 7.29. The minimum Gasteiger partial charge on any atom is -0.356 e. The van der Waals surface area contributed by atoms with Crippen molar-refractivity contribution in [3.63, 3.8) is 0 Å². The number of aryl methyl sites for hydroxylation is 2. The first kappa shape index (κ1) is 23.9. The van der Waals surface area contributed by atoms with Crippen LogP contribution in [0.2, 0.25) is 0 Å². The van der Waals surface area contributed by atoms with Crippen molar-refractivity contribution in [2.24, 2.45) is 11.8 Å². The molecule has 3 aromatic rings. The number of hydrogen-bond donors (Lipinski definition) is 1. The molecule has 4 rings (SSSR count). The molecule has 7 heteroatoms. The van der Waals surface area contributed by atoms with Crippen LogP contribution in [0.25, 0.3) is 11.0 Å². The van der Waals surface area contributed by atoms with Gasteiger partial charge in [-0.05, 0) is 50.7 Å². The van der Waals surface area contributed by atoms with Crippen molar-refractivity contribution in [1.29, 1.82) is 0 Å². The summed E-state index contributed by atoms with van der Waals surface area (Å²) in [7, 11) is 0. The van der Waals surface area contributed by atoms with E-state index in [9.17, 15) is 9.59 Å². The lowest BCUT2D eigenvalue weighted by molar-refractivity contribution is -0.126. The first-order chi connectivity index (χ1) is 16.3. The Hall–Kier alpha value is -3.22. The smallest absolute Gasteiger partial charge is 0.254 e. The number of fused-ring (bicyclic) bond motifs is 1. The zero-order valence-electron chi connectivity index (χ0n) is 20.7. The fraction of sp³-hybridized carbons (Fsp3) is 0.481. The van der Waals surface area contributed by atoms with Crippen molar-refractivity contribution in [3.8, 4) is 0 Å². The van der Waals surface area contributed by atoms with Gasteiger partial charge in [0.25, 0.3) is 5.91 Å². The average Bonchev–Trinajstić information content (AvgIpc) is 3.21. The Balaban J connectivity index is 1.45. The molecule has 180 valence electrons. The normalized spacial score (nSPS) is 14.7. The number of amides is 2. The van der Waals surface area contributed by atoms with Crippen molar-refractivity contribution in [2.75, 3.05) is 19.6 Å². The van der Waals surface area contributed by atoms with Crippen molar-refractivity contribution in [1.82, 2.24) is 25.0 Å². The van der Waals surface area contributed by atoms with E-state index in [1.54, 1.807) is 6.20 Å². The molecule has 7 nitrogen and oxygen atoms in total. The Morgan fingerprint density at radius 2 is 1.82 bits per heavy atom. The van der Waals surface area contributed by atoms with Gasteiger partial charge in [0.15, 0.2) is 5.65 Å². The summed E-state index contributed by atoms with van der Waals surface area (Å²) in [5.74, 6) is 0.658. The summed E-state index contributed by atoms with van der Waals surface area (Å²) in [6, 6.07) is 10.2. The standard InChI is InChI=1S/C27H35N5O2/c1-18(2)9-12-28-26(33)22-10-13-31(14-11-22)27(34)23-15-20(4)30-25-24(23)16-29-32(25)17-21-7-5-19(3)6-8-21/h5-8,15-16,18,22H,9-14,17H2,1-4H3,(H,28,33). The predicted molar refractivity (Wildman–Crippen MR) is 134 cm³/mol. The van der Waals surface area contributed by atoms with Crippen LogP contribution in [-0.2, 0) is 11.3 Å². The fourth-order valence-corrected chi connectivity index (χ4v) is 4.48. The maximum absolute atomic E-state index is 13.5. The van der Waals surface area contributed by atoms with Gasteiger partial charge in [-0.2, -0.15) is 5.10 Å². The molecule has 0 spiro atoms. The van der Waals surface area contributed by atoms with Crippen LogP contribution < -0.4 is 5.32 Å². The number of carbonyl (C=O) groups is 2. The van der Waals surface area contributed by atoms with E-state index in [4.69, 9.17) is 4.98 Å². The topological polar surface area (TPSA) is 80.1 Å². The van der Waals surface area contributed by atoms with Crippen LogP contribution in [0.1, 0.15) is 60.3 Å². The SMILES string of the molecule is Cc1ccc(Cn2ncc3c(C(=O)N4CCC(C(=O)NCCC(C)C)CC4)cc(C)nc32)cc1. The van der Waals surface area contributed by atoms with E-state index in [2.05, 4.69) is 55.5 Å². The minimum absolute atomic E-state index is 0.0101. The summed E-state index contributed by atoms with van der Waals surface area (Å²) in [4.78, 5) is 32.5. The summed E-state index contributed by atoms with van der Waals surface area (Å²) >= 11 is 0. The van der Waals surface area contributed by atoms with Gasteiger partial charge >= 0.3 is 0 Å². The van der Waals surface area contributed by atoms with Crippen LogP contribution in [0.3, 0.4) is 0 Å². The predicted octanol–water partition coefficient (Wildman–Crippen LogP) is 4.11. The molecule has 0 radical (unpaired) electrons. The number of aromatic nitrogens is 3. The molecule has 0 bridgehead atoms. The third-order valence-electron chi connectivity index (χ3n) is 6.59. The van der Waals surface area contributed by atoms with E-state index in [0.29, 0.717) is 44.0 Å². The molecule has 34 heavy (non-hydrogen) atoms. The van der Waals surface area contributed by atoms with Gasteiger partial charge in [0.2, 0.25) is 5.91 Å². The van der Waals surface area contributed by atoms with E-state index >= 15 is 0 Å². The van der Waals surface area contributed by atoms with Gasteiger partial charge < -0.3 is 10.2 Å². The summed E-state index contributed by atoms with van der Waals surface area (Å²) in [5, 5.41) is 8.38. The Morgan fingerprint density at radius 3 is 2.50 bits per heavy atom. The summed E-state index contributed by atoms with van der Waals surface area (Å²) in [5.41, 5.74) is 4.51. The highest BCUT2D eigenvalue weighted by Crippen LogP contribution is 2.24. The van der Waals surface area contributed by atoms with Crippen LogP contribution in [0.4, 0.5) is 0 Å². The molecule has 1 aliphatic heterocycles. The summed E-state index contributed by atoms with van der Waals surface area (Å²) in [6.07, 6.45) is 4.12. The third-order valence-corrected chi connectivity index (χ3v) is 6.59. The van der Waals surface area contributed by atoms with Crippen LogP contribution in [0.5, 0.6) is 0 Å². The van der Waals surface area contributed by atoms with E-state index in [-0.39, 0.29) is 17.7 Å². The maximum Gasteiger partial charge on any atom is 0.254 e. The molecule has 0 unspecified atom stereocenters. The zero-order chi connectivity index (χ0) is 24.2. The minimum atomic E-state index is -0.0207. The van der Waals surface area contributed by atoms with Crippen molar-refractivity contribution < 1.29 is 9.59 Å². The molecule has 0 aliphatic carbocycles. The van der Waals surface area contributed by atoms with Gasteiger partial charge in [-0.15, -0.1) is 0 Å². The lowest BCUT2D eigenvalue weighted by Gasteiger charge is -2.31. The highest BCUT2D eigenvalue weighted by Gasteiger charge is 2.29. The number of hydrogen-bond acceptors (Lipinski definition) is 4. The number of benzene rings is 1. The molecule has 0 atom stereocenters. The van der Waals surface area contributed by atoms with Crippen LogP contribution in [0.15, 0.2) is 36.5 Å². The van der Waals surface area contributed by atoms with E-state index in [1.165, 1.54) is 5.56 Å². The highest BCUT2D eigenvalue weighted by atomic mass is 16.2. The molecule has 2 aromatic heterocycles. The first-order valence-electron chi connectivity index (χ1n) is 12.3. The van der Waals surface area contributed by atoms with E-state index < -0.39 is 0 Å². The Bertz CT molecular complexity index is 1160. The molecule has 1 aliphatic rings. The summed E-state index contributed by atoms with van der Waals surface area (Å²) in [6.45, 7) is 10.8. The second-order valence-electron chi connectivity index (χ2n) is 9.88. The lowest BCUT2D eigenvalue weighted by atomic mass is 9.95. The van der Waals surface area contributed by atoms with Crippen LogP contribution >= 0.6 is 0 Å². The first-order valence-corrected chi connectivity index (χ1v) is 12.3. The van der Waals surface area contributed by atoms with Crippen LogP contribution in [-0.4, -0.2) is 51.1 Å². The number of pyridine rings is 1. The second kappa shape index (κ2) is 10.4. The molecule has 3 heterocycles. The fourth-order valence-electron chi connectivity index (χ4n) is 4.48. The number of piperidine rings is 1. The van der Waals surface area contributed by atoms with Crippen LogP contribution in [0, 0.1) is 25.7 Å². The molecule has 1 saturated heterocycles. The lowest BCUT2D eigenvalue weighted by Crippen LogP contribution is -2.43. The quantitative estimate of drug-likeness (QED) is 0.574. The van der Waals surface area contributed by atoms with Gasteiger partial charge in [-0.3, -0.25) is 9.59 Å². The molecule has 2 amide bonds. The van der Waals surface area contributed by atoms with Crippen molar-refractivity contribution >= 4 is 22.8 Å². The Morgan fingerprint density at radius 1 is 1.12 bits per heavy atom. The zero-order valence-corrected chi connectivity index (χ0v) is 20.7. The summed E-state index contributed by atoms with van der Waals surface area (Å²) < 4.78 is 1.86. The number of likely N-dealkylation sites (tertiary alicyclic amines) is 1. The number of nitrogens with one attached hydrogen (secondary N) is 1. The van der Waals surface area contributed by atoms with Crippen molar-refractivity contribution in [2.45, 2.75) is 53.5 Å². The molecular weight excluding hydrogens is 426 g/mol. The Labute approximate surface area is 201 Å². The number of rotatable bonds is 7. The molecule has 0 saturated carbocycles. The maximum atomic E-state index is 13.5. The molecule has 1 N–H and O–H groups in total. The van der Waals surface area contributed by atoms with Gasteiger partial charge in [0.1, 0.15) is 0 Å². The van der Waals surface area contributed by atoms with Gasteiger partial charge in [0, 0.05) is 31.2 Å². The number of nitrogens with zero attached hydrogens (tertiary/aromatic N) is 4. The van der Waals surface area contributed by atoms with Gasteiger partial charge in [-0.25, -0.2) is 9.67 Å². The average molecular weight is 462 g/mol. The highest BCUT2D eigenvalue weighted by molar-refractivity contribution is 6.05. The van der Waals surface area contributed by atoms with E-state index in [0.717, 1.165) is 35.3 Å². The number of carbonyl (C=O) groups excluding carboxylic acids is 2. The second-order valence-corrected chi connectivity index (χ2v) is 9.88. The third kappa shape index (κ3) is 5.46. The van der Waals surface area contributed by atoms with Gasteiger partial charge in [-0.1, -0.05) is 43.7 Å². The van der Waals surface area contributed by atoms with Gasteiger partial charge in [0.05, 0.1) is 23.7 Å². The molecule has 1 aromatic carbocycles. The van der Waals surface area contributed by atoms with E-state index in [1.807, 2.05) is 22.6 Å². The monoisotopic (exact) mass is 461 g/mol. The molecular formula is C27H35N5O2. The largest absolute Gasteiger partial charge is 0.356 e. The van der Waals surface area contributed by atoms with Crippen molar-refractivity contribution in [3.05, 3.63) is 58.9 Å².